The average molecular weight is 496 g/mol. The highest BCUT2D eigenvalue weighted by Crippen LogP contribution is 2.31. The van der Waals surface area contributed by atoms with Crippen LogP contribution in [0.5, 0.6) is 0 Å². The standard InChI is InChI=1S/C21H17Cl2F2N5OS/c1-11-9-29(19-7-17(24)13(5-18(19)25)8-27-28-21(26)32)10-12(2)30(11)20(31)15-4-3-14(22)6-16(15)23/h3-8H,1-2,9-10H2,(H3,26,28,32)/b27-8+. The van der Waals surface area contributed by atoms with Crippen molar-refractivity contribution in [2.75, 3.05) is 18.0 Å². The molecule has 0 unspecified atom stereocenters. The number of rotatable bonds is 4. The number of anilines is 1. The van der Waals surface area contributed by atoms with E-state index in [0.717, 1.165) is 18.3 Å². The Bertz CT molecular complexity index is 1150. The van der Waals surface area contributed by atoms with E-state index in [0.29, 0.717) is 16.4 Å². The molecule has 0 saturated carbocycles. The van der Waals surface area contributed by atoms with Crippen molar-refractivity contribution in [3.05, 3.63) is 87.7 Å². The lowest BCUT2D eigenvalue weighted by molar-refractivity contribution is 0.0836. The molecule has 1 amide bonds. The minimum absolute atomic E-state index is 0.0131. The number of halogens is 4. The number of piperazine rings is 1. The Kier molecular flexibility index (Phi) is 7.12. The number of thiocarbonyl (C=S) groups is 1. The summed E-state index contributed by atoms with van der Waals surface area (Å²) in [5.41, 5.74) is 8.25. The maximum absolute atomic E-state index is 14.8. The summed E-state index contributed by atoms with van der Waals surface area (Å²) in [6.45, 7) is 7.93. The highest BCUT2D eigenvalue weighted by Gasteiger charge is 2.31. The van der Waals surface area contributed by atoms with Crippen LogP contribution in [0.2, 0.25) is 10.0 Å². The van der Waals surface area contributed by atoms with Gasteiger partial charge in [0.05, 0.1) is 35.6 Å². The van der Waals surface area contributed by atoms with Crippen LogP contribution in [0.15, 0.2) is 60.0 Å². The van der Waals surface area contributed by atoms with Crippen LogP contribution in [0.3, 0.4) is 0 Å². The zero-order valence-electron chi connectivity index (χ0n) is 16.5. The quantitative estimate of drug-likeness (QED) is 0.372. The van der Waals surface area contributed by atoms with Gasteiger partial charge in [-0.15, -0.1) is 0 Å². The van der Waals surface area contributed by atoms with E-state index in [1.54, 1.807) is 6.07 Å². The SMILES string of the molecule is C=C1CN(c2cc(F)c(/C=N/NC(N)=S)cc2F)CC(=C)N1C(=O)c1ccc(Cl)cc1Cl. The molecule has 32 heavy (non-hydrogen) atoms. The first kappa shape index (κ1) is 23.6. The van der Waals surface area contributed by atoms with Crippen LogP contribution in [0.4, 0.5) is 14.5 Å². The number of nitrogens with one attached hydrogen (secondary N) is 1. The molecule has 1 fully saturated rings. The predicted octanol–water partition coefficient (Wildman–Crippen LogP) is 4.43. The Morgan fingerprint density at radius 2 is 1.81 bits per heavy atom. The zero-order valence-corrected chi connectivity index (χ0v) is 18.9. The van der Waals surface area contributed by atoms with E-state index >= 15 is 0 Å². The molecule has 0 aliphatic carbocycles. The molecular formula is C21H17Cl2F2N5OS. The number of nitrogens with two attached hydrogens (primary N) is 1. The molecule has 166 valence electrons. The second-order valence-electron chi connectivity index (χ2n) is 6.81. The van der Waals surface area contributed by atoms with Crippen molar-refractivity contribution < 1.29 is 13.6 Å². The monoisotopic (exact) mass is 495 g/mol. The Balaban J connectivity index is 1.82. The molecule has 3 rings (SSSR count). The van der Waals surface area contributed by atoms with Crippen molar-refractivity contribution in [1.29, 1.82) is 0 Å². The minimum atomic E-state index is -0.711. The molecule has 11 heteroatoms. The molecule has 0 bridgehead atoms. The van der Waals surface area contributed by atoms with Gasteiger partial charge in [-0.25, -0.2) is 8.78 Å². The summed E-state index contributed by atoms with van der Waals surface area (Å²) in [6.07, 6.45) is 1.06. The van der Waals surface area contributed by atoms with Crippen molar-refractivity contribution in [1.82, 2.24) is 10.3 Å². The number of benzene rings is 2. The normalized spacial score (nSPS) is 14.2. The summed E-state index contributed by atoms with van der Waals surface area (Å²) in [5, 5.41) is 4.09. The van der Waals surface area contributed by atoms with Crippen molar-refractivity contribution in [2.24, 2.45) is 10.8 Å². The first-order valence-electron chi connectivity index (χ1n) is 9.06. The summed E-state index contributed by atoms with van der Waals surface area (Å²) in [6, 6.07) is 6.53. The van der Waals surface area contributed by atoms with Gasteiger partial charge in [0.1, 0.15) is 11.6 Å². The Hall–Kier alpha value is -3.01. The highest BCUT2D eigenvalue weighted by atomic mass is 35.5. The second kappa shape index (κ2) is 9.64. The number of carbonyl (C=O) groups excluding carboxylic acids is 1. The molecular weight excluding hydrogens is 479 g/mol. The van der Waals surface area contributed by atoms with E-state index in [1.807, 2.05) is 0 Å². The molecule has 0 spiro atoms. The molecule has 1 aliphatic heterocycles. The van der Waals surface area contributed by atoms with E-state index in [4.69, 9.17) is 28.9 Å². The fourth-order valence-electron chi connectivity index (χ4n) is 3.16. The maximum Gasteiger partial charge on any atom is 0.263 e. The topological polar surface area (TPSA) is 74.0 Å². The molecule has 1 heterocycles. The lowest BCUT2D eigenvalue weighted by atomic mass is 10.1. The van der Waals surface area contributed by atoms with Gasteiger partial charge in [-0.05, 0) is 36.5 Å². The number of hydrazone groups is 1. The number of nitrogens with zero attached hydrogens (tertiary/aromatic N) is 3. The fourth-order valence-corrected chi connectivity index (χ4v) is 3.70. The van der Waals surface area contributed by atoms with E-state index < -0.39 is 17.5 Å². The molecule has 3 N–H and O–H groups in total. The van der Waals surface area contributed by atoms with Crippen molar-refractivity contribution >= 4 is 58.3 Å². The van der Waals surface area contributed by atoms with E-state index in [1.165, 1.54) is 21.9 Å². The first-order chi connectivity index (χ1) is 15.1. The number of carbonyl (C=O) groups is 1. The second-order valence-corrected chi connectivity index (χ2v) is 8.10. The Labute approximate surface area is 198 Å². The van der Waals surface area contributed by atoms with Crippen LogP contribution in [-0.2, 0) is 0 Å². The van der Waals surface area contributed by atoms with Gasteiger partial charge in [-0.3, -0.25) is 15.1 Å². The molecule has 0 atom stereocenters. The number of hydrogen-bond acceptors (Lipinski definition) is 4. The molecule has 2 aromatic rings. The minimum Gasteiger partial charge on any atom is -0.375 e. The summed E-state index contributed by atoms with van der Waals surface area (Å²) >= 11 is 16.6. The molecule has 2 aromatic carbocycles. The third-order valence-corrected chi connectivity index (χ3v) is 5.17. The van der Waals surface area contributed by atoms with Gasteiger partial charge in [0, 0.05) is 28.0 Å². The lowest BCUT2D eigenvalue weighted by Crippen LogP contribution is -2.45. The molecule has 6 nitrogen and oxygen atoms in total. The zero-order chi connectivity index (χ0) is 23.6. The van der Waals surface area contributed by atoms with Crippen LogP contribution < -0.4 is 16.1 Å². The summed E-state index contributed by atoms with van der Waals surface area (Å²) in [4.78, 5) is 15.8. The van der Waals surface area contributed by atoms with E-state index in [2.05, 4.69) is 35.9 Å². The number of hydrogen-bond donors (Lipinski definition) is 2. The molecule has 0 aromatic heterocycles. The Morgan fingerprint density at radius 1 is 1.16 bits per heavy atom. The predicted molar refractivity (Wildman–Crippen MR) is 127 cm³/mol. The highest BCUT2D eigenvalue weighted by molar-refractivity contribution is 7.80. The summed E-state index contributed by atoms with van der Waals surface area (Å²) in [5.74, 6) is -1.84. The van der Waals surface area contributed by atoms with Gasteiger partial charge >= 0.3 is 0 Å². The van der Waals surface area contributed by atoms with Crippen LogP contribution in [0.25, 0.3) is 0 Å². The van der Waals surface area contributed by atoms with Crippen LogP contribution >= 0.6 is 35.4 Å². The first-order valence-corrected chi connectivity index (χ1v) is 10.2. The molecule has 0 radical (unpaired) electrons. The van der Waals surface area contributed by atoms with E-state index in [9.17, 15) is 13.6 Å². The average Bonchev–Trinajstić information content (AvgIpc) is 2.69. The smallest absolute Gasteiger partial charge is 0.263 e. The summed E-state index contributed by atoms with van der Waals surface area (Å²) in [7, 11) is 0. The van der Waals surface area contributed by atoms with E-state index in [-0.39, 0.29) is 40.0 Å². The van der Waals surface area contributed by atoms with Gasteiger partial charge in [-0.2, -0.15) is 5.10 Å². The van der Waals surface area contributed by atoms with Gasteiger partial charge in [0.2, 0.25) is 0 Å². The fraction of sp³-hybridized carbons (Fsp3) is 0.0952. The number of amides is 1. The van der Waals surface area contributed by atoms with Gasteiger partial charge in [-0.1, -0.05) is 36.4 Å². The van der Waals surface area contributed by atoms with Crippen LogP contribution in [-0.4, -0.2) is 35.2 Å². The van der Waals surface area contributed by atoms with Crippen LogP contribution in [0.1, 0.15) is 15.9 Å². The molecule has 1 saturated heterocycles. The molecule has 1 aliphatic rings. The third-order valence-electron chi connectivity index (χ3n) is 4.53. The largest absolute Gasteiger partial charge is 0.375 e. The third kappa shape index (κ3) is 5.07. The van der Waals surface area contributed by atoms with Gasteiger partial charge in [0.25, 0.3) is 5.91 Å². The summed E-state index contributed by atoms with van der Waals surface area (Å²) < 4.78 is 29.3. The van der Waals surface area contributed by atoms with Crippen molar-refractivity contribution in [2.45, 2.75) is 0 Å². The van der Waals surface area contributed by atoms with Gasteiger partial charge in [0.15, 0.2) is 5.11 Å². The van der Waals surface area contributed by atoms with Crippen molar-refractivity contribution in [3.63, 3.8) is 0 Å². The van der Waals surface area contributed by atoms with Crippen molar-refractivity contribution in [3.8, 4) is 0 Å². The maximum atomic E-state index is 14.8. The Morgan fingerprint density at radius 3 is 2.41 bits per heavy atom. The van der Waals surface area contributed by atoms with Crippen LogP contribution in [0, 0.1) is 11.6 Å². The lowest BCUT2D eigenvalue weighted by Gasteiger charge is -2.39. The van der Waals surface area contributed by atoms with Gasteiger partial charge < -0.3 is 10.6 Å².